The van der Waals surface area contributed by atoms with E-state index in [0.717, 1.165) is 110 Å². The van der Waals surface area contributed by atoms with Crippen LogP contribution in [0.4, 0.5) is 0 Å². The van der Waals surface area contributed by atoms with E-state index in [-0.39, 0.29) is 0 Å². The largest absolute Gasteiger partial charge is 0.278 e. The number of rotatable bonds is 19. The molecule has 0 aliphatic heterocycles. The molecule has 0 saturated carbocycles. The third-order valence-corrected chi connectivity index (χ3v) is 43.3. The molecule has 0 spiro atoms. The van der Waals surface area contributed by atoms with E-state index in [2.05, 4.69) is 493 Å². The van der Waals surface area contributed by atoms with Crippen LogP contribution >= 0.6 is 0 Å². The zero-order valence-corrected chi connectivity index (χ0v) is 79.5. The van der Waals surface area contributed by atoms with Crippen LogP contribution in [0.15, 0.2) is 497 Å². The minimum absolute atomic E-state index is 0.374. The van der Waals surface area contributed by atoms with Crippen molar-refractivity contribution < 1.29 is 0 Å². The number of para-hydroxylation sites is 5. The van der Waals surface area contributed by atoms with Crippen LogP contribution in [0.25, 0.3) is 163 Å². The molecule has 142 heavy (non-hydrogen) atoms. The maximum Gasteiger partial charge on any atom is 0.242 e. The van der Waals surface area contributed by atoms with Gasteiger partial charge in [-0.3, -0.25) is 17.8 Å². The SMILES string of the molecule is c1ccc(-c2nc(-n3c4ccccc4c4c(-c5ccc6nc7n(-c8nc(-c9ccccc9)nc(-n9c%10ccc([Si](c%11ccccc%11)(c%11ccccc%11)c%11ccccc%11)cc%10n%10c%11cc([Si](c%12ccccc%12)(c%12ccccc%12)c%12ccccc%12)ccc%11nc9%10)n8)c8ccccc8n7c6c5)cccc43)nc(-n3c4ccccc4n4c5cc([Si](c6ccccc6)(c6ccccc6)c6ccccc6)ccc5nc34)n2)cc1. The molecule has 0 saturated heterocycles. The quantitative estimate of drug-likeness (QED) is 0.0570. The van der Waals surface area contributed by atoms with Crippen molar-refractivity contribution in [1.29, 1.82) is 0 Å². The lowest BCUT2D eigenvalue weighted by Crippen LogP contribution is -2.74. The second-order valence-electron chi connectivity index (χ2n) is 36.4. The summed E-state index contributed by atoms with van der Waals surface area (Å²) in [5.41, 5.74) is 16.2. The van der Waals surface area contributed by atoms with E-state index in [4.69, 9.17) is 44.9 Å². The Kier molecular flexibility index (Phi) is 18.9. The van der Waals surface area contributed by atoms with Crippen molar-refractivity contribution in [2.75, 3.05) is 0 Å². The Hall–Kier alpha value is -18.5. The monoisotopic (exact) mass is 1870 g/mol. The van der Waals surface area contributed by atoms with Gasteiger partial charge in [0, 0.05) is 21.9 Å². The summed E-state index contributed by atoms with van der Waals surface area (Å²) < 4.78 is 15.5. The zero-order valence-electron chi connectivity index (χ0n) is 76.5. The van der Waals surface area contributed by atoms with Gasteiger partial charge < -0.3 is 0 Å². The van der Waals surface area contributed by atoms with Gasteiger partial charge >= 0.3 is 0 Å². The average Bonchev–Trinajstić information content (AvgIpc) is 1.52. The number of fused-ring (bicyclic) bond motifs is 18. The second-order valence-corrected chi connectivity index (χ2v) is 47.8. The lowest BCUT2D eigenvalue weighted by atomic mass is 9.99. The molecule has 0 atom stereocenters. The average molecular weight is 1870 g/mol. The molecule has 28 rings (SSSR count). The van der Waals surface area contributed by atoms with E-state index in [0.29, 0.717) is 52.8 Å². The van der Waals surface area contributed by atoms with E-state index in [1.54, 1.807) is 0 Å². The van der Waals surface area contributed by atoms with Gasteiger partial charge in [0.25, 0.3) is 0 Å². The van der Waals surface area contributed by atoms with E-state index in [1.165, 1.54) is 62.2 Å². The molecular formula is C123H82N16Si3. The van der Waals surface area contributed by atoms with E-state index in [9.17, 15) is 0 Å². The molecule has 0 fully saturated rings. The summed E-state index contributed by atoms with van der Waals surface area (Å²) in [5, 5.41) is 17.2. The lowest BCUT2D eigenvalue weighted by Gasteiger charge is -2.34. The first-order valence-corrected chi connectivity index (χ1v) is 53.9. The summed E-state index contributed by atoms with van der Waals surface area (Å²) in [4.78, 5) is 51.0. The van der Waals surface area contributed by atoms with Gasteiger partial charge in [-0.2, -0.15) is 29.9 Å². The molecule has 0 aliphatic carbocycles. The summed E-state index contributed by atoms with van der Waals surface area (Å²) in [5.74, 6) is 4.54. The highest BCUT2D eigenvalue weighted by atomic mass is 28.3. The molecule has 0 N–H and O–H groups in total. The van der Waals surface area contributed by atoms with Crippen LogP contribution in [-0.4, -0.2) is 101 Å². The van der Waals surface area contributed by atoms with Gasteiger partial charge in [0.1, 0.15) is 0 Å². The van der Waals surface area contributed by atoms with Crippen LogP contribution in [0, 0.1) is 0 Å². The molecule has 666 valence electrons. The van der Waals surface area contributed by atoms with Crippen molar-refractivity contribution in [2.45, 2.75) is 0 Å². The number of nitrogens with zero attached hydrogens (tertiary/aromatic N) is 16. The van der Waals surface area contributed by atoms with Crippen LogP contribution in [0.1, 0.15) is 0 Å². The molecule has 19 aromatic carbocycles. The maximum absolute atomic E-state index is 5.84. The second kappa shape index (κ2) is 32.9. The molecule has 0 aliphatic rings. The highest BCUT2D eigenvalue weighted by molar-refractivity contribution is 7.21. The predicted octanol–water partition coefficient (Wildman–Crippen LogP) is 18.5. The fraction of sp³-hybridized carbons (Fsp3) is 0. The minimum Gasteiger partial charge on any atom is -0.278 e. The molecular weight excluding hydrogens is 1790 g/mol. The summed E-state index contributed by atoms with van der Waals surface area (Å²) in [6.45, 7) is 0. The Balaban J connectivity index is 0.630. The van der Waals surface area contributed by atoms with Gasteiger partial charge in [0.2, 0.25) is 41.1 Å². The Morgan fingerprint density at radius 2 is 0.423 bits per heavy atom. The third kappa shape index (κ3) is 12.4. The van der Waals surface area contributed by atoms with Crippen molar-refractivity contribution in [2.24, 2.45) is 0 Å². The van der Waals surface area contributed by atoms with Crippen molar-refractivity contribution in [1.82, 2.24) is 76.3 Å². The Bertz CT molecular complexity index is 9500. The van der Waals surface area contributed by atoms with Gasteiger partial charge in [-0.25, -0.2) is 28.7 Å². The van der Waals surface area contributed by atoms with Crippen molar-refractivity contribution >= 4 is 192 Å². The molecule has 0 amide bonds. The Labute approximate surface area is 817 Å². The van der Waals surface area contributed by atoms with Crippen LogP contribution in [0.5, 0.6) is 0 Å². The van der Waals surface area contributed by atoms with Crippen molar-refractivity contribution in [3.05, 3.63) is 497 Å². The van der Waals surface area contributed by atoms with Gasteiger partial charge in [-0.1, -0.05) is 413 Å². The van der Waals surface area contributed by atoms with Crippen LogP contribution in [0.3, 0.4) is 0 Å². The maximum atomic E-state index is 5.84. The minimum atomic E-state index is -3.18. The first kappa shape index (κ1) is 81.8. The van der Waals surface area contributed by atoms with Crippen molar-refractivity contribution in [3.63, 3.8) is 0 Å². The lowest BCUT2D eigenvalue weighted by molar-refractivity contribution is 0.877. The Morgan fingerprint density at radius 1 is 0.155 bits per heavy atom. The molecule has 9 aromatic heterocycles. The topological polar surface area (TPSA) is 149 Å². The fourth-order valence-corrected chi connectivity index (χ4v) is 37.2. The van der Waals surface area contributed by atoms with E-state index in [1.807, 2.05) is 36.4 Å². The van der Waals surface area contributed by atoms with Gasteiger partial charge in [0.15, 0.2) is 35.9 Å². The van der Waals surface area contributed by atoms with E-state index < -0.39 is 24.2 Å². The number of aromatic nitrogens is 16. The number of benzene rings is 19. The molecule has 0 radical (unpaired) electrons. The molecule has 19 heteroatoms. The number of hydrogen-bond acceptors (Lipinski definition) is 9. The summed E-state index contributed by atoms with van der Waals surface area (Å²) in [6.07, 6.45) is 0. The fourth-order valence-electron chi connectivity index (χ4n) is 22.9. The molecule has 0 unspecified atom stereocenters. The van der Waals surface area contributed by atoms with E-state index >= 15 is 0 Å². The number of hydrogen-bond donors (Lipinski definition) is 0. The van der Waals surface area contributed by atoms with Crippen LogP contribution < -0.4 is 62.2 Å². The summed E-state index contributed by atoms with van der Waals surface area (Å²) >= 11 is 0. The first-order valence-electron chi connectivity index (χ1n) is 47.9. The molecule has 28 aromatic rings. The molecule has 0 bridgehead atoms. The predicted molar refractivity (Wildman–Crippen MR) is 584 cm³/mol. The van der Waals surface area contributed by atoms with Crippen LogP contribution in [0.2, 0.25) is 0 Å². The van der Waals surface area contributed by atoms with Gasteiger partial charge in [-0.15, -0.1) is 0 Å². The highest BCUT2D eigenvalue weighted by Gasteiger charge is 2.46. The smallest absolute Gasteiger partial charge is 0.242 e. The van der Waals surface area contributed by atoms with Gasteiger partial charge in [0.05, 0.1) is 77.2 Å². The first-order chi connectivity index (χ1) is 70.4. The highest BCUT2D eigenvalue weighted by Crippen LogP contribution is 2.42. The molecule has 9 heterocycles. The summed E-state index contributed by atoms with van der Waals surface area (Å²) in [7, 11) is -9.27. The third-order valence-electron chi connectivity index (χ3n) is 29.0. The summed E-state index contributed by atoms with van der Waals surface area (Å²) in [6, 6.07) is 180. The van der Waals surface area contributed by atoms with Crippen molar-refractivity contribution in [3.8, 4) is 57.7 Å². The van der Waals surface area contributed by atoms with Gasteiger partial charge in [-0.05, 0) is 158 Å². The molecule has 16 nitrogen and oxygen atoms in total. The Morgan fingerprint density at radius 3 is 0.782 bits per heavy atom. The number of imidazole rings is 6. The normalized spacial score (nSPS) is 12.2. The van der Waals surface area contributed by atoms with Crippen LogP contribution in [-0.2, 0) is 0 Å². The zero-order chi connectivity index (χ0) is 93.6. The standard InChI is InChI=1S/C123H82N16Si3/c1-12-41-83(42-13-1)115-127-117(131-118(128-115)137-107-69-39-37-67-105(107)135-111-80-95(72-76-101(111)125-122(135)137)140(86-45-16-3-17-46-86,87-47-18-4-19-48-87)88-49-20-5-21-50-88)133-103-65-35-34-63-99(103)114-98(64-40-70-109(114)133)85-71-75-100-110(79-85)134-104-66-36-38-68-106(104)138(121(134)124-100)119-129-116(84-43-14-2-15-44-84)130-120(132-119)139-108-78-74-97(142(92-57-28-9-29-58-92,93-59-30-10-31-60-93)94-61-32-11-33-62-94)82-113(108)136-112-81-96(73-77-102(112)126-123(136)139)141(89-51-22-6-23-52-89,90-53-24-7-25-54-90)91-55-26-8-27-56-91/h1-82H.